The monoisotopic (exact) mass is 611 g/mol. The molecule has 0 radical (unpaired) electrons. The van der Waals surface area contributed by atoms with Gasteiger partial charge >= 0.3 is 0 Å². The molecule has 0 aliphatic carbocycles. The summed E-state index contributed by atoms with van der Waals surface area (Å²) in [5, 5.41) is 3.06. The van der Waals surface area contributed by atoms with Gasteiger partial charge in [-0.05, 0) is 79.8 Å². The molecule has 0 saturated heterocycles. The van der Waals surface area contributed by atoms with Gasteiger partial charge < -0.3 is 19.5 Å². The maximum absolute atomic E-state index is 14.1. The summed E-state index contributed by atoms with van der Waals surface area (Å²) >= 11 is 1.29. The van der Waals surface area contributed by atoms with Gasteiger partial charge in [-0.2, -0.15) is 0 Å². The van der Waals surface area contributed by atoms with E-state index in [0.29, 0.717) is 56.1 Å². The number of carbonyl (C=O) groups excluding carboxylic acids is 1. The Hall–Kier alpha value is -4.63. The van der Waals surface area contributed by atoms with Gasteiger partial charge in [0.2, 0.25) is 0 Å². The summed E-state index contributed by atoms with van der Waals surface area (Å²) in [6.07, 6.45) is 1.82. The third-order valence-corrected chi connectivity index (χ3v) is 8.37. The largest absolute Gasteiger partial charge is 0.497 e. The minimum absolute atomic E-state index is 0.238. The standard InChI is InChI=1S/C35H37N3O5S/c1-20(2)19-43-28-15-9-24(17-29(28)42-7)18-30-34(40)38-32(25-10-12-26(41-6)13-11-25)31(23(5)36-35(38)44-30)33(39)37-27-14-8-21(3)16-22(27)4/h8-18,20,32H,19H2,1-7H3,(H,37,39)/b30-18+/t32-/m1/s1. The number of benzene rings is 3. The molecule has 1 aromatic heterocycles. The molecule has 44 heavy (non-hydrogen) atoms. The predicted octanol–water partition coefficient (Wildman–Crippen LogP) is 5.54. The molecule has 4 aromatic rings. The zero-order valence-electron chi connectivity index (χ0n) is 26.1. The zero-order valence-corrected chi connectivity index (χ0v) is 26.9. The molecular weight excluding hydrogens is 574 g/mol. The van der Waals surface area contributed by atoms with Gasteiger partial charge in [-0.15, -0.1) is 0 Å². The molecule has 9 heteroatoms. The zero-order chi connectivity index (χ0) is 31.5. The van der Waals surface area contributed by atoms with Crippen molar-refractivity contribution in [1.82, 2.24) is 4.57 Å². The molecule has 0 bridgehead atoms. The summed E-state index contributed by atoms with van der Waals surface area (Å²) in [7, 11) is 3.19. The van der Waals surface area contributed by atoms with Gasteiger partial charge in [0.15, 0.2) is 16.3 Å². The van der Waals surface area contributed by atoms with Crippen LogP contribution in [0.1, 0.15) is 49.1 Å². The number of allylic oxidation sites excluding steroid dienone is 1. The van der Waals surface area contributed by atoms with E-state index in [4.69, 9.17) is 19.2 Å². The average Bonchev–Trinajstić information content (AvgIpc) is 3.30. The lowest BCUT2D eigenvalue weighted by Crippen LogP contribution is -2.40. The minimum atomic E-state index is -0.689. The van der Waals surface area contributed by atoms with E-state index in [-0.39, 0.29) is 11.5 Å². The molecule has 0 unspecified atom stereocenters. The highest BCUT2D eigenvalue weighted by atomic mass is 32.1. The fraction of sp³-hybridized carbons (Fsp3) is 0.286. The Kier molecular flexibility index (Phi) is 9.06. The number of ether oxygens (including phenoxy) is 3. The number of rotatable bonds is 9. The lowest BCUT2D eigenvalue weighted by molar-refractivity contribution is -0.113. The van der Waals surface area contributed by atoms with Crippen molar-refractivity contribution in [3.05, 3.63) is 114 Å². The molecule has 0 saturated carbocycles. The van der Waals surface area contributed by atoms with Gasteiger partial charge in [-0.3, -0.25) is 14.2 Å². The summed E-state index contributed by atoms with van der Waals surface area (Å²) in [5.74, 6) is 1.97. The van der Waals surface area contributed by atoms with Crippen molar-refractivity contribution >= 4 is 29.0 Å². The van der Waals surface area contributed by atoms with Crippen LogP contribution in [0.4, 0.5) is 5.69 Å². The number of aromatic nitrogens is 1. The summed E-state index contributed by atoms with van der Waals surface area (Å²) in [5.41, 5.74) is 5.04. The average molecular weight is 612 g/mol. The highest BCUT2D eigenvalue weighted by molar-refractivity contribution is 7.07. The van der Waals surface area contributed by atoms with Crippen molar-refractivity contribution in [2.45, 2.75) is 40.7 Å². The first-order valence-corrected chi connectivity index (χ1v) is 15.3. The maximum atomic E-state index is 14.1. The Bertz CT molecular complexity index is 1920. The van der Waals surface area contributed by atoms with Gasteiger partial charge in [0.1, 0.15) is 5.75 Å². The number of nitrogens with zero attached hydrogens (tertiary/aromatic N) is 2. The van der Waals surface area contributed by atoms with Crippen molar-refractivity contribution in [3.63, 3.8) is 0 Å². The number of amides is 1. The first-order chi connectivity index (χ1) is 21.1. The van der Waals surface area contributed by atoms with Gasteiger partial charge in [0.05, 0.1) is 42.7 Å². The van der Waals surface area contributed by atoms with Crippen molar-refractivity contribution in [2.24, 2.45) is 10.9 Å². The fourth-order valence-corrected chi connectivity index (χ4v) is 6.20. The summed E-state index contributed by atoms with van der Waals surface area (Å²) in [6, 6.07) is 18.2. The van der Waals surface area contributed by atoms with Gasteiger partial charge in [0, 0.05) is 5.69 Å². The first-order valence-electron chi connectivity index (χ1n) is 14.5. The van der Waals surface area contributed by atoms with E-state index in [9.17, 15) is 9.59 Å². The quantitative estimate of drug-likeness (QED) is 0.268. The number of hydrogen-bond acceptors (Lipinski definition) is 7. The SMILES string of the molecule is COc1ccc([C@@H]2C(C(=O)Nc3ccc(C)cc3C)=C(C)N=c3s/c(=C/c4ccc(OCC(C)C)c(OC)c4)c(=O)n32)cc1. The Morgan fingerprint density at radius 1 is 1.00 bits per heavy atom. The van der Waals surface area contributed by atoms with Crippen LogP contribution in [-0.2, 0) is 4.79 Å². The van der Waals surface area contributed by atoms with Gasteiger partial charge in [-0.1, -0.05) is 61.1 Å². The number of nitrogens with one attached hydrogen (secondary N) is 1. The predicted molar refractivity (Wildman–Crippen MR) is 175 cm³/mol. The smallest absolute Gasteiger partial charge is 0.271 e. The Morgan fingerprint density at radius 3 is 2.41 bits per heavy atom. The Balaban J connectivity index is 1.60. The van der Waals surface area contributed by atoms with Crippen LogP contribution in [0.3, 0.4) is 0 Å². The van der Waals surface area contributed by atoms with E-state index >= 15 is 0 Å². The topological polar surface area (TPSA) is 91.2 Å². The van der Waals surface area contributed by atoms with Crippen molar-refractivity contribution in [2.75, 3.05) is 26.1 Å². The van der Waals surface area contributed by atoms with Crippen LogP contribution in [0.2, 0.25) is 0 Å². The molecule has 8 nitrogen and oxygen atoms in total. The molecule has 228 valence electrons. The second-order valence-electron chi connectivity index (χ2n) is 11.2. The van der Waals surface area contributed by atoms with Crippen molar-refractivity contribution in [3.8, 4) is 17.2 Å². The van der Waals surface area contributed by atoms with Crippen LogP contribution in [0.5, 0.6) is 17.2 Å². The van der Waals surface area contributed by atoms with Crippen LogP contribution in [-0.4, -0.2) is 31.3 Å². The molecule has 5 rings (SSSR count). The Labute approximate surface area is 261 Å². The molecule has 1 N–H and O–H groups in total. The fourth-order valence-electron chi connectivity index (χ4n) is 5.16. The Morgan fingerprint density at radius 2 is 1.75 bits per heavy atom. The molecule has 3 aromatic carbocycles. The number of aryl methyl sites for hydroxylation is 2. The number of methoxy groups -OCH3 is 2. The maximum Gasteiger partial charge on any atom is 0.271 e. The van der Waals surface area contributed by atoms with E-state index in [1.807, 2.05) is 87.5 Å². The normalized spacial score (nSPS) is 14.7. The van der Waals surface area contributed by atoms with Crippen LogP contribution in [0.25, 0.3) is 6.08 Å². The van der Waals surface area contributed by atoms with E-state index < -0.39 is 6.04 Å². The number of anilines is 1. The van der Waals surface area contributed by atoms with Gasteiger partial charge in [-0.25, -0.2) is 4.99 Å². The number of carbonyl (C=O) groups is 1. The molecule has 2 heterocycles. The van der Waals surface area contributed by atoms with E-state index in [1.165, 1.54) is 11.3 Å². The minimum Gasteiger partial charge on any atom is -0.497 e. The highest BCUT2D eigenvalue weighted by Gasteiger charge is 2.32. The lowest BCUT2D eigenvalue weighted by atomic mass is 9.95. The number of thiazole rings is 1. The van der Waals surface area contributed by atoms with Crippen LogP contribution in [0, 0.1) is 19.8 Å². The van der Waals surface area contributed by atoms with Crippen LogP contribution in [0.15, 0.2) is 81.7 Å². The van der Waals surface area contributed by atoms with Crippen molar-refractivity contribution in [1.29, 1.82) is 0 Å². The second kappa shape index (κ2) is 12.9. The molecule has 1 amide bonds. The third kappa shape index (κ3) is 6.33. The van der Waals surface area contributed by atoms with E-state index in [1.54, 1.807) is 18.8 Å². The lowest BCUT2D eigenvalue weighted by Gasteiger charge is -2.25. The second-order valence-corrected chi connectivity index (χ2v) is 12.3. The third-order valence-electron chi connectivity index (χ3n) is 7.39. The first kappa shape index (κ1) is 30.8. The summed E-state index contributed by atoms with van der Waals surface area (Å²) < 4.78 is 18.9. The van der Waals surface area contributed by atoms with Gasteiger partial charge in [0.25, 0.3) is 11.5 Å². The molecule has 1 aliphatic heterocycles. The molecule has 0 fully saturated rings. The van der Waals surface area contributed by atoms with E-state index in [2.05, 4.69) is 19.2 Å². The van der Waals surface area contributed by atoms with E-state index in [0.717, 1.165) is 22.3 Å². The molecule has 1 aliphatic rings. The molecule has 1 atom stereocenters. The van der Waals surface area contributed by atoms with Crippen molar-refractivity contribution < 1.29 is 19.0 Å². The molecule has 0 spiro atoms. The summed E-state index contributed by atoms with van der Waals surface area (Å²) in [4.78, 5) is 33.3. The highest BCUT2D eigenvalue weighted by Crippen LogP contribution is 2.32. The number of hydrogen-bond donors (Lipinski definition) is 1. The molecular formula is C35H37N3O5S. The van der Waals surface area contributed by atoms with Crippen LogP contribution < -0.4 is 34.4 Å². The summed E-state index contributed by atoms with van der Waals surface area (Å²) in [6.45, 7) is 10.5. The van der Waals surface area contributed by atoms with Crippen LogP contribution >= 0.6 is 11.3 Å². The number of fused-ring (bicyclic) bond motifs is 1.